The van der Waals surface area contributed by atoms with Gasteiger partial charge in [0.25, 0.3) is 0 Å². The summed E-state index contributed by atoms with van der Waals surface area (Å²) in [5.41, 5.74) is 0.194. The molecule has 10 heteroatoms. The van der Waals surface area contributed by atoms with Crippen molar-refractivity contribution in [3.8, 4) is 0 Å². The molecule has 0 unspecified atom stereocenters. The van der Waals surface area contributed by atoms with Gasteiger partial charge in [-0.1, -0.05) is 11.6 Å². The molecule has 1 heterocycles. The van der Waals surface area contributed by atoms with Crippen LogP contribution >= 0.6 is 11.6 Å². The molecule has 22 heavy (non-hydrogen) atoms. The lowest BCUT2D eigenvalue weighted by Crippen LogP contribution is -2.24. The van der Waals surface area contributed by atoms with Gasteiger partial charge in [-0.3, -0.25) is 5.10 Å². The average molecular weight is 348 g/mol. The fourth-order valence-electron chi connectivity index (χ4n) is 1.64. The lowest BCUT2D eigenvalue weighted by molar-refractivity contribution is 0.578. The molecule has 1 aromatic heterocycles. The Balaban J connectivity index is 2.19. The second-order valence-electron chi connectivity index (χ2n) is 4.83. The number of H-pyrrole nitrogens is 1. The molecule has 2 N–H and O–H groups in total. The van der Waals surface area contributed by atoms with E-state index in [0.29, 0.717) is 11.8 Å². The maximum absolute atomic E-state index is 13.3. The first kappa shape index (κ1) is 16.7. The summed E-state index contributed by atoms with van der Waals surface area (Å²) in [6.45, 7) is 1.38. The van der Waals surface area contributed by atoms with Crippen molar-refractivity contribution in [2.45, 2.75) is 18.4 Å². The highest BCUT2D eigenvalue weighted by Gasteiger charge is 2.20. The van der Waals surface area contributed by atoms with E-state index in [0.717, 1.165) is 6.07 Å². The molecule has 0 saturated carbocycles. The summed E-state index contributed by atoms with van der Waals surface area (Å²) in [4.78, 5) is 5.60. The molecule has 0 radical (unpaired) electrons. The molecular formula is C12H15ClFN5O2S. The van der Waals surface area contributed by atoms with Crippen molar-refractivity contribution >= 4 is 27.6 Å². The second-order valence-corrected chi connectivity index (χ2v) is 6.98. The summed E-state index contributed by atoms with van der Waals surface area (Å²) in [6, 6.07) is 2.16. The van der Waals surface area contributed by atoms with Gasteiger partial charge in [-0.05, 0) is 24.6 Å². The molecule has 7 nitrogen and oxygen atoms in total. The first-order valence-corrected chi connectivity index (χ1v) is 8.10. The standard InChI is InChI=1S/C12H15ClFN5O2S/c1-7-4-10(8(13)5-9(7)14)22(20,21)15-6-11-16-12(18-17-11)19(2)3/h4-5,15H,6H2,1-3H3,(H,16,17,18). The van der Waals surface area contributed by atoms with Gasteiger partial charge >= 0.3 is 0 Å². The van der Waals surface area contributed by atoms with E-state index in [1.807, 2.05) is 0 Å². The van der Waals surface area contributed by atoms with Gasteiger partial charge in [-0.25, -0.2) is 17.5 Å². The van der Waals surface area contributed by atoms with Gasteiger partial charge in [0.1, 0.15) is 16.5 Å². The lowest BCUT2D eigenvalue weighted by atomic mass is 10.2. The molecule has 0 aliphatic rings. The Kier molecular flexibility index (Phi) is 4.69. The first-order chi connectivity index (χ1) is 10.2. The van der Waals surface area contributed by atoms with Crippen molar-refractivity contribution in [3.05, 3.63) is 34.4 Å². The van der Waals surface area contributed by atoms with E-state index in [1.54, 1.807) is 19.0 Å². The smallest absolute Gasteiger partial charge is 0.244 e. The van der Waals surface area contributed by atoms with Crippen molar-refractivity contribution < 1.29 is 12.8 Å². The third-order valence-electron chi connectivity index (χ3n) is 2.85. The predicted molar refractivity (Wildman–Crippen MR) is 80.9 cm³/mol. The molecule has 1 aromatic carbocycles. The van der Waals surface area contributed by atoms with Crippen LogP contribution in [0.5, 0.6) is 0 Å². The Morgan fingerprint density at radius 1 is 1.41 bits per heavy atom. The number of aromatic amines is 1. The monoisotopic (exact) mass is 347 g/mol. The molecular weight excluding hydrogens is 333 g/mol. The molecule has 0 fully saturated rings. The Bertz CT molecular complexity index is 791. The van der Waals surface area contributed by atoms with Crippen LogP contribution < -0.4 is 9.62 Å². The van der Waals surface area contributed by atoms with Gasteiger partial charge in [0.2, 0.25) is 16.0 Å². The fraction of sp³-hybridized carbons (Fsp3) is 0.333. The van der Waals surface area contributed by atoms with Crippen molar-refractivity contribution in [3.63, 3.8) is 0 Å². The first-order valence-electron chi connectivity index (χ1n) is 6.24. The van der Waals surface area contributed by atoms with Gasteiger partial charge in [0.15, 0.2) is 0 Å². The third-order valence-corrected chi connectivity index (χ3v) is 4.72. The summed E-state index contributed by atoms with van der Waals surface area (Å²) in [7, 11) is -0.365. The number of nitrogens with zero attached hydrogens (tertiary/aromatic N) is 3. The van der Waals surface area contributed by atoms with Crippen molar-refractivity contribution in [2.75, 3.05) is 19.0 Å². The summed E-state index contributed by atoms with van der Waals surface area (Å²) in [5, 5.41) is 6.36. The van der Waals surface area contributed by atoms with Crippen molar-refractivity contribution in [2.24, 2.45) is 0 Å². The molecule has 2 rings (SSSR count). The highest BCUT2D eigenvalue weighted by atomic mass is 35.5. The van der Waals surface area contributed by atoms with E-state index >= 15 is 0 Å². The van der Waals surface area contributed by atoms with Crippen LogP contribution in [0.3, 0.4) is 0 Å². The minimum Gasteiger partial charge on any atom is -0.346 e. The quantitative estimate of drug-likeness (QED) is 0.854. The maximum atomic E-state index is 13.3. The van der Waals surface area contributed by atoms with Crippen LogP contribution in [0.25, 0.3) is 0 Å². The van der Waals surface area contributed by atoms with Gasteiger partial charge < -0.3 is 4.90 Å². The zero-order valence-electron chi connectivity index (χ0n) is 12.2. The summed E-state index contributed by atoms with van der Waals surface area (Å²) < 4.78 is 40.2. The van der Waals surface area contributed by atoms with Crippen molar-refractivity contribution in [1.29, 1.82) is 0 Å². The maximum Gasteiger partial charge on any atom is 0.244 e. The lowest BCUT2D eigenvalue weighted by Gasteiger charge is -2.09. The second kappa shape index (κ2) is 6.19. The predicted octanol–water partition coefficient (Wildman–Crippen LogP) is 1.45. The van der Waals surface area contributed by atoms with Crippen LogP contribution in [0.4, 0.5) is 10.3 Å². The number of anilines is 1. The van der Waals surface area contributed by atoms with Crippen molar-refractivity contribution in [1.82, 2.24) is 19.9 Å². The van der Waals surface area contributed by atoms with E-state index in [9.17, 15) is 12.8 Å². The van der Waals surface area contributed by atoms with Gasteiger partial charge in [0, 0.05) is 14.1 Å². The molecule has 0 bridgehead atoms. The number of sulfonamides is 1. The Morgan fingerprint density at radius 2 is 2.09 bits per heavy atom. The van der Waals surface area contributed by atoms with Gasteiger partial charge in [-0.15, -0.1) is 5.10 Å². The summed E-state index contributed by atoms with van der Waals surface area (Å²) in [6.07, 6.45) is 0. The van der Waals surface area contributed by atoms with Crippen LogP contribution in [0.1, 0.15) is 11.4 Å². The number of aromatic nitrogens is 3. The SMILES string of the molecule is Cc1cc(S(=O)(=O)NCc2nc(N(C)C)n[nH]2)c(Cl)cc1F. The minimum atomic E-state index is -3.89. The van der Waals surface area contributed by atoms with Crippen LogP contribution in [0.2, 0.25) is 5.02 Å². The average Bonchev–Trinajstić information content (AvgIpc) is 2.89. The Morgan fingerprint density at radius 3 is 2.68 bits per heavy atom. The number of hydrogen-bond donors (Lipinski definition) is 2. The molecule has 120 valence electrons. The third kappa shape index (κ3) is 3.54. The van der Waals surface area contributed by atoms with E-state index in [-0.39, 0.29) is 22.0 Å². The number of hydrogen-bond acceptors (Lipinski definition) is 5. The Hall–Kier alpha value is -1.71. The van der Waals surface area contributed by atoms with Crippen LogP contribution in [0.15, 0.2) is 17.0 Å². The largest absolute Gasteiger partial charge is 0.346 e. The number of aryl methyl sites for hydroxylation is 1. The highest BCUT2D eigenvalue weighted by Crippen LogP contribution is 2.24. The Labute approximate surface area is 132 Å². The minimum absolute atomic E-state index is 0.0874. The zero-order valence-corrected chi connectivity index (χ0v) is 13.8. The summed E-state index contributed by atoms with van der Waals surface area (Å²) >= 11 is 5.81. The molecule has 0 spiro atoms. The van der Waals surface area contributed by atoms with Crippen LogP contribution in [0, 0.1) is 12.7 Å². The molecule has 0 aliphatic carbocycles. The van der Waals surface area contributed by atoms with E-state index in [4.69, 9.17) is 11.6 Å². The molecule has 0 atom stereocenters. The number of benzene rings is 1. The molecule has 0 saturated heterocycles. The van der Waals surface area contributed by atoms with E-state index < -0.39 is 15.8 Å². The van der Waals surface area contributed by atoms with E-state index in [2.05, 4.69) is 19.9 Å². The number of halogens is 2. The molecule has 0 amide bonds. The highest BCUT2D eigenvalue weighted by molar-refractivity contribution is 7.89. The number of nitrogens with one attached hydrogen (secondary N) is 2. The molecule has 0 aliphatic heterocycles. The zero-order chi connectivity index (χ0) is 16.5. The molecule has 2 aromatic rings. The van der Waals surface area contributed by atoms with E-state index in [1.165, 1.54) is 13.0 Å². The topological polar surface area (TPSA) is 91.0 Å². The fourth-order valence-corrected chi connectivity index (χ4v) is 3.23. The van der Waals surface area contributed by atoms with Gasteiger partial charge in [-0.2, -0.15) is 4.98 Å². The summed E-state index contributed by atoms with van der Waals surface area (Å²) in [5.74, 6) is 0.224. The van der Waals surface area contributed by atoms with Crippen LogP contribution in [-0.2, 0) is 16.6 Å². The number of rotatable bonds is 5. The van der Waals surface area contributed by atoms with Gasteiger partial charge in [0.05, 0.1) is 11.6 Å². The normalized spacial score (nSPS) is 11.7. The van der Waals surface area contributed by atoms with Crippen LogP contribution in [-0.4, -0.2) is 37.7 Å².